The molecule has 1 aromatic heterocycles. The largest absolute Gasteiger partial charge is 0.392 e. The van der Waals surface area contributed by atoms with Gasteiger partial charge in [-0.2, -0.15) is 0 Å². The summed E-state index contributed by atoms with van der Waals surface area (Å²) in [5.74, 6) is 0. The molecule has 0 aliphatic carbocycles. The number of fused-ring (bicyclic) bond motifs is 1. The Kier molecular flexibility index (Phi) is 3.32. The highest BCUT2D eigenvalue weighted by molar-refractivity contribution is 5.79. The summed E-state index contributed by atoms with van der Waals surface area (Å²) >= 11 is 0. The summed E-state index contributed by atoms with van der Waals surface area (Å²) in [7, 11) is 0. The average molecular weight is 213 g/mol. The number of benzene rings is 1. The van der Waals surface area contributed by atoms with Crippen molar-refractivity contribution in [2.45, 2.75) is 13.3 Å². The smallest absolute Gasteiger partial charge is 0.0709 e. The number of nitrogens with zero attached hydrogens (tertiary/aromatic N) is 1. The van der Waals surface area contributed by atoms with Gasteiger partial charge >= 0.3 is 0 Å². The molecule has 1 N–H and O–H groups in total. The molecule has 2 heteroatoms. The van der Waals surface area contributed by atoms with Crippen molar-refractivity contribution in [1.29, 1.82) is 0 Å². The van der Waals surface area contributed by atoms with Crippen molar-refractivity contribution in [2.75, 3.05) is 6.61 Å². The quantitative estimate of drug-likeness (QED) is 0.850. The molecular weight excluding hydrogens is 198 g/mol. The van der Waals surface area contributed by atoms with E-state index in [0.717, 1.165) is 28.6 Å². The summed E-state index contributed by atoms with van der Waals surface area (Å²) in [4.78, 5) is 4.52. The van der Waals surface area contributed by atoms with Crippen LogP contribution in [-0.4, -0.2) is 16.7 Å². The Labute approximate surface area is 95.3 Å². The molecule has 0 aliphatic rings. The van der Waals surface area contributed by atoms with Crippen LogP contribution in [0.1, 0.15) is 19.0 Å². The van der Waals surface area contributed by atoms with Crippen LogP contribution in [-0.2, 0) is 0 Å². The average Bonchev–Trinajstić information content (AvgIpc) is 2.35. The molecule has 0 amide bonds. The van der Waals surface area contributed by atoms with Crippen LogP contribution in [0.5, 0.6) is 0 Å². The van der Waals surface area contributed by atoms with Gasteiger partial charge in [-0.15, -0.1) is 0 Å². The monoisotopic (exact) mass is 213 g/mol. The van der Waals surface area contributed by atoms with E-state index in [9.17, 15) is 0 Å². The molecule has 0 bridgehead atoms. The van der Waals surface area contributed by atoms with Gasteiger partial charge in [-0.3, -0.25) is 0 Å². The van der Waals surface area contributed by atoms with Crippen molar-refractivity contribution >= 4 is 17.0 Å². The number of pyridine rings is 1. The van der Waals surface area contributed by atoms with Crippen LogP contribution < -0.4 is 0 Å². The maximum absolute atomic E-state index is 9.10. The van der Waals surface area contributed by atoms with Gasteiger partial charge in [-0.1, -0.05) is 31.2 Å². The number of hydrogen-bond acceptors (Lipinski definition) is 2. The van der Waals surface area contributed by atoms with Gasteiger partial charge in [0.05, 0.1) is 17.8 Å². The Hall–Kier alpha value is -1.67. The lowest BCUT2D eigenvalue weighted by atomic mass is 10.1. The van der Waals surface area contributed by atoms with E-state index in [1.807, 2.05) is 43.3 Å². The van der Waals surface area contributed by atoms with Gasteiger partial charge in [0.2, 0.25) is 0 Å². The number of rotatable bonds is 3. The Morgan fingerprint density at radius 3 is 2.81 bits per heavy atom. The molecule has 1 aromatic carbocycles. The van der Waals surface area contributed by atoms with Crippen molar-refractivity contribution in [3.63, 3.8) is 0 Å². The molecule has 1 heterocycles. The second-order valence-electron chi connectivity index (χ2n) is 3.74. The fourth-order valence-electron chi connectivity index (χ4n) is 1.63. The van der Waals surface area contributed by atoms with Crippen molar-refractivity contribution in [3.05, 3.63) is 47.7 Å². The van der Waals surface area contributed by atoms with Crippen LogP contribution in [0.3, 0.4) is 0 Å². The first-order valence-electron chi connectivity index (χ1n) is 5.49. The third-order valence-electron chi connectivity index (χ3n) is 2.63. The van der Waals surface area contributed by atoms with Gasteiger partial charge in [0.15, 0.2) is 0 Å². The van der Waals surface area contributed by atoms with Gasteiger partial charge in [0, 0.05) is 5.39 Å². The molecule has 2 rings (SSSR count). The topological polar surface area (TPSA) is 33.1 Å². The van der Waals surface area contributed by atoms with Crippen LogP contribution in [0, 0.1) is 0 Å². The molecule has 0 saturated carbocycles. The van der Waals surface area contributed by atoms with E-state index < -0.39 is 0 Å². The van der Waals surface area contributed by atoms with E-state index in [-0.39, 0.29) is 6.61 Å². The zero-order valence-electron chi connectivity index (χ0n) is 9.35. The summed E-state index contributed by atoms with van der Waals surface area (Å²) < 4.78 is 0. The molecule has 2 nitrogen and oxygen atoms in total. The van der Waals surface area contributed by atoms with Gasteiger partial charge < -0.3 is 5.11 Å². The van der Waals surface area contributed by atoms with Gasteiger partial charge in [0.25, 0.3) is 0 Å². The van der Waals surface area contributed by atoms with Crippen molar-refractivity contribution < 1.29 is 5.11 Å². The molecule has 0 radical (unpaired) electrons. The molecule has 82 valence electrons. The van der Waals surface area contributed by atoms with Crippen LogP contribution >= 0.6 is 0 Å². The van der Waals surface area contributed by atoms with Crippen LogP contribution in [0.4, 0.5) is 0 Å². The summed E-state index contributed by atoms with van der Waals surface area (Å²) in [5, 5.41) is 10.2. The number of aromatic nitrogens is 1. The van der Waals surface area contributed by atoms with Gasteiger partial charge in [-0.05, 0) is 30.2 Å². The molecule has 0 spiro atoms. The molecule has 16 heavy (non-hydrogen) atoms. The Morgan fingerprint density at radius 2 is 2.06 bits per heavy atom. The van der Waals surface area contributed by atoms with Gasteiger partial charge in [-0.25, -0.2) is 4.98 Å². The third kappa shape index (κ3) is 2.28. The second kappa shape index (κ2) is 4.90. The summed E-state index contributed by atoms with van der Waals surface area (Å²) in [5.41, 5.74) is 2.90. The van der Waals surface area contributed by atoms with Crippen LogP contribution in [0.25, 0.3) is 17.0 Å². The molecule has 0 aliphatic heterocycles. The third-order valence-corrected chi connectivity index (χ3v) is 2.63. The Bertz CT molecular complexity index is 511. The first kappa shape index (κ1) is 10.8. The number of aliphatic hydroxyl groups excluding tert-OH is 1. The van der Waals surface area contributed by atoms with Crippen LogP contribution in [0.2, 0.25) is 0 Å². The fourth-order valence-corrected chi connectivity index (χ4v) is 1.63. The zero-order chi connectivity index (χ0) is 11.4. The van der Waals surface area contributed by atoms with Crippen molar-refractivity contribution in [2.24, 2.45) is 0 Å². The maximum Gasteiger partial charge on any atom is 0.0709 e. The lowest BCUT2D eigenvalue weighted by molar-refractivity contribution is 0.329. The van der Waals surface area contributed by atoms with Crippen LogP contribution in [0.15, 0.2) is 42.0 Å². The predicted molar refractivity (Wildman–Crippen MR) is 67.1 cm³/mol. The Balaban J connectivity index is 2.43. The SMILES string of the molecule is CCC(=Cc1ccc2ccccc2n1)CO. The summed E-state index contributed by atoms with van der Waals surface area (Å²) in [6, 6.07) is 12.1. The Morgan fingerprint density at radius 1 is 1.25 bits per heavy atom. The predicted octanol–water partition coefficient (Wildman–Crippen LogP) is 3.02. The van der Waals surface area contributed by atoms with Crippen molar-refractivity contribution in [1.82, 2.24) is 4.98 Å². The number of aliphatic hydroxyl groups is 1. The minimum absolute atomic E-state index is 0.102. The highest BCUT2D eigenvalue weighted by Crippen LogP contribution is 2.14. The first-order valence-corrected chi connectivity index (χ1v) is 5.49. The number of hydrogen-bond donors (Lipinski definition) is 1. The molecular formula is C14H15NO. The molecule has 2 aromatic rings. The first-order chi connectivity index (χ1) is 7.83. The lowest BCUT2D eigenvalue weighted by Crippen LogP contribution is -1.90. The normalized spacial score (nSPS) is 12.0. The van der Waals surface area contributed by atoms with E-state index in [4.69, 9.17) is 5.11 Å². The van der Waals surface area contributed by atoms with E-state index in [1.165, 1.54) is 0 Å². The molecule has 0 unspecified atom stereocenters. The molecule has 0 saturated heterocycles. The molecule has 0 fully saturated rings. The van der Waals surface area contributed by atoms with E-state index in [0.29, 0.717) is 0 Å². The maximum atomic E-state index is 9.10. The minimum Gasteiger partial charge on any atom is -0.392 e. The molecule has 0 atom stereocenters. The van der Waals surface area contributed by atoms with Crippen molar-refractivity contribution in [3.8, 4) is 0 Å². The van der Waals surface area contributed by atoms with Gasteiger partial charge in [0.1, 0.15) is 0 Å². The number of para-hydroxylation sites is 1. The standard InChI is InChI=1S/C14H15NO/c1-2-11(10-16)9-13-8-7-12-5-3-4-6-14(12)15-13/h3-9,16H,2,10H2,1H3. The fraction of sp³-hybridized carbons (Fsp3) is 0.214. The van der Waals surface area contributed by atoms with E-state index in [2.05, 4.69) is 11.1 Å². The highest BCUT2D eigenvalue weighted by Gasteiger charge is 1.97. The second-order valence-corrected chi connectivity index (χ2v) is 3.74. The van der Waals surface area contributed by atoms with E-state index in [1.54, 1.807) is 0 Å². The lowest BCUT2D eigenvalue weighted by Gasteiger charge is -2.01. The summed E-state index contributed by atoms with van der Waals surface area (Å²) in [6.07, 6.45) is 2.80. The highest BCUT2D eigenvalue weighted by atomic mass is 16.3. The minimum atomic E-state index is 0.102. The zero-order valence-corrected chi connectivity index (χ0v) is 9.35. The summed E-state index contributed by atoms with van der Waals surface area (Å²) in [6.45, 7) is 2.13. The van der Waals surface area contributed by atoms with E-state index >= 15 is 0 Å².